The summed E-state index contributed by atoms with van der Waals surface area (Å²) in [5.74, 6) is 0.611. The second-order valence-electron chi connectivity index (χ2n) is 6.45. The molecule has 2 N–H and O–H groups in total. The molecule has 0 aliphatic carbocycles. The third-order valence-electron chi connectivity index (χ3n) is 4.65. The number of benzene rings is 1. The molecule has 0 bridgehead atoms. The van der Waals surface area contributed by atoms with E-state index in [4.69, 9.17) is 0 Å². The van der Waals surface area contributed by atoms with Crippen molar-refractivity contribution in [2.75, 3.05) is 25.0 Å². The van der Waals surface area contributed by atoms with Crippen LogP contribution in [-0.2, 0) is 13.6 Å². The third kappa shape index (κ3) is 4.53. The Morgan fingerprint density at radius 2 is 2.20 bits per heavy atom. The molecule has 1 aromatic carbocycles. The highest BCUT2D eigenvalue weighted by Crippen LogP contribution is 2.20. The largest absolute Gasteiger partial charge is 0.369 e. The summed E-state index contributed by atoms with van der Waals surface area (Å²) >= 11 is 0. The predicted molar refractivity (Wildman–Crippen MR) is 100 cm³/mol. The molecule has 1 unspecified atom stereocenters. The van der Waals surface area contributed by atoms with E-state index in [1.807, 2.05) is 25.4 Å². The minimum absolute atomic E-state index is 0.187. The van der Waals surface area contributed by atoms with Gasteiger partial charge < -0.3 is 20.1 Å². The van der Waals surface area contributed by atoms with Crippen molar-refractivity contribution in [1.29, 1.82) is 0 Å². The normalized spacial score (nSPS) is 18.3. The zero-order valence-electron chi connectivity index (χ0n) is 14.9. The molecule has 0 spiro atoms. The number of aromatic nitrogens is 1. The SMILES string of the molecule is CN=C(NCc1cccn1C)NC1CCCN(c2cccc(F)c2)C1. The Hall–Kier alpha value is -2.50. The number of guanidine groups is 1. The predicted octanol–water partition coefficient (Wildman–Crippen LogP) is 2.50. The molecular weight excluding hydrogens is 317 g/mol. The van der Waals surface area contributed by atoms with Crippen molar-refractivity contribution >= 4 is 11.6 Å². The number of hydrogen-bond donors (Lipinski definition) is 2. The van der Waals surface area contributed by atoms with Crippen LogP contribution in [-0.4, -0.2) is 36.7 Å². The number of nitrogens with zero attached hydrogens (tertiary/aromatic N) is 3. The maximum Gasteiger partial charge on any atom is 0.191 e. The van der Waals surface area contributed by atoms with Gasteiger partial charge in [0.15, 0.2) is 5.96 Å². The average molecular weight is 343 g/mol. The highest BCUT2D eigenvalue weighted by molar-refractivity contribution is 5.80. The maximum absolute atomic E-state index is 13.5. The Morgan fingerprint density at radius 1 is 1.32 bits per heavy atom. The molecule has 6 heteroatoms. The first kappa shape index (κ1) is 17.3. The third-order valence-corrected chi connectivity index (χ3v) is 4.65. The molecule has 134 valence electrons. The first-order valence-corrected chi connectivity index (χ1v) is 8.73. The molecule has 3 rings (SSSR count). The number of anilines is 1. The molecule has 0 saturated carbocycles. The molecule has 2 heterocycles. The number of nitrogens with one attached hydrogen (secondary N) is 2. The highest BCUT2D eigenvalue weighted by atomic mass is 19.1. The summed E-state index contributed by atoms with van der Waals surface area (Å²) < 4.78 is 15.6. The van der Waals surface area contributed by atoms with Crippen LogP contribution in [0.5, 0.6) is 0 Å². The summed E-state index contributed by atoms with van der Waals surface area (Å²) in [6.45, 7) is 2.52. The van der Waals surface area contributed by atoms with Crippen molar-refractivity contribution in [3.8, 4) is 0 Å². The van der Waals surface area contributed by atoms with Gasteiger partial charge in [0.25, 0.3) is 0 Å². The Balaban J connectivity index is 1.56. The van der Waals surface area contributed by atoms with Crippen LogP contribution in [0.3, 0.4) is 0 Å². The zero-order chi connectivity index (χ0) is 17.6. The fraction of sp³-hybridized carbons (Fsp3) is 0.421. The van der Waals surface area contributed by atoms with E-state index in [0.717, 1.165) is 44.1 Å². The summed E-state index contributed by atoms with van der Waals surface area (Å²) in [5.41, 5.74) is 2.14. The number of rotatable bonds is 4. The number of piperidine rings is 1. The Bertz CT molecular complexity index is 724. The summed E-state index contributed by atoms with van der Waals surface area (Å²) in [7, 11) is 3.82. The summed E-state index contributed by atoms with van der Waals surface area (Å²) in [6, 6.07) is 11.2. The van der Waals surface area contributed by atoms with Crippen molar-refractivity contribution in [1.82, 2.24) is 15.2 Å². The molecule has 1 aliphatic heterocycles. The van der Waals surface area contributed by atoms with Crippen molar-refractivity contribution in [2.24, 2.45) is 12.0 Å². The van der Waals surface area contributed by atoms with Crippen LogP contribution in [0.15, 0.2) is 47.6 Å². The Morgan fingerprint density at radius 3 is 2.92 bits per heavy atom. The molecule has 0 amide bonds. The summed E-state index contributed by atoms with van der Waals surface area (Å²) in [4.78, 5) is 6.56. The van der Waals surface area contributed by atoms with Gasteiger partial charge in [-0.2, -0.15) is 0 Å². The lowest BCUT2D eigenvalue weighted by Gasteiger charge is -2.35. The first-order valence-electron chi connectivity index (χ1n) is 8.73. The Labute approximate surface area is 148 Å². The van der Waals surface area contributed by atoms with Crippen LogP contribution in [0, 0.1) is 5.82 Å². The van der Waals surface area contributed by atoms with E-state index in [-0.39, 0.29) is 11.9 Å². The van der Waals surface area contributed by atoms with Crippen molar-refractivity contribution in [3.63, 3.8) is 0 Å². The van der Waals surface area contributed by atoms with E-state index in [1.54, 1.807) is 19.2 Å². The van der Waals surface area contributed by atoms with Crippen LogP contribution in [0.25, 0.3) is 0 Å². The van der Waals surface area contributed by atoms with E-state index >= 15 is 0 Å². The van der Waals surface area contributed by atoms with E-state index in [0.29, 0.717) is 0 Å². The second kappa shape index (κ2) is 8.05. The van der Waals surface area contributed by atoms with Crippen molar-refractivity contribution in [2.45, 2.75) is 25.4 Å². The number of aliphatic imine (C=N–C) groups is 1. The van der Waals surface area contributed by atoms with Gasteiger partial charge in [-0.15, -0.1) is 0 Å². The Kier molecular flexibility index (Phi) is 5.58. The molecule has 1 saturated heterocycles. The molecule has 1 atom stereocenters. The van der Waals surface area contributed by atoms with Gasteiger partial charge in [-0.3, -0.25) is 4.99 Å². The number of halogens is 1. The molecule has 25 heavy (non-hydrogen) atoms. The van der Waals surface area contributed by atoms with Crippen LogP contribution in [0.1, 0.15) is 18.5 Å². The van der Waals surface area contributed by atoms with Gasteiger partial charge in [0.2, 0.25) is 0 Å². The minimum Gasteiger partial charge on any atom is -0.369 e. The summed E-state index contributed by atoms with van der Waals surface area (Å²) in [5, 5.41) is 6.86. The number of hydrogen-bond acceptors (Lipinski definition) is 2. The molecule has 5 nitrogen and oxygen atoms in total. The molecule has 2 aromatic rings. The molecule has 1 aromatic heterocycles. The fourth-order valence-corrected chi connectivity index (χ4v) is 3.24. The van der Waals surface area contributed by atoms with E-state index in [2.05, 4.69) is 31.2 Å². The van der Waals surface area contributed by atoms with Crippen LogP contribution < -0.4 is 15.5 Å². The molecule has 1 aliphatic rings. The number of aryl methyl sites for hydroxylation is 1. The van der Waals surface area contributed by atoms with Gasteiger partial charge in [-0.05, 0) is 43.2 Å². The van der Waals surface area contributed by atoms with Gasteiger partial charge in [0.05, 0.1) is 6.54 Å². The molecule has 1 fully saturated rings. The van der Waals surface area contributed by atoms with Gasteiger partial charge in [-0.1, -0.05) is 6.07 Å². The summed E-state index contributed by atoms with van der Waals surface area (Å²) in [6.07, 6.45) is 4.19. The van der Waals surface area contributed by atoms with Gasteiger partial charge in [0, 0.05) is 50.8 Å². The monoisotopic (exact) mass is 343 g/mol. The first-order chi connectivity index (χ1) is 12.2. The maximum atomic E-state index is 13.5. The van der Waals surface area contributed by atoms with E-state index in [9.17, 15) is 4.39 Å². The lowest BCUT2D eigenvalue weighted by Crippen LogP contribution is -2.51. The lowest BCUT2D eigenvalue weighted by atomic mass is 10.0. The zero-order valence-corrected chi connectivity index (χ0v) is 14.9. The van der Waals surface area contributed by atoms with Gasteiger partial charge in [0.1, 0.15) is 5.82 Å². The van der Waals surface area contributed by atoms with E-state index < -0.39 is 0 Å². The highest BCUT2D eigenvalue weighted by Gasteiger charge is 2.21. The minimum atomic E-state index is -0.187. The van der Waals surface area contributed by atoms with Crippen molar-refractivity contribution < 1.29 is 4.39 Å². The smallest absolute Gasteiger partial charge is 0.191 e. The average Bonchev–Trinajstić information content (AvgIpc) is 3.04. The van der Waals surface area contributed by atoms with Crippen molar-refractivity contribution in [3.05, 3.63) is 54.1 Å². The van der Waals surface area contributed by atoms with Crippen LogP contribution in [0.2, 0.25) is 0 Å². The van der Waals surface area contributed by atoms with Gasteiger partial charge >= 0.3 is 0 Å². The second-order valence-corrected chi connectivity index (χ2v) is 6.45. The standard InChI is InChI=1S/C19H26FN5/c1-21-19(22-13-18-9-5-10-24(18)2)23-16-7-4-11-25(14-16)17-8-3-6-15(20)12-17/h3,5-6,8-10,12,16H,4,7,11,13-14H2,1-2H3,(H2,21,22,23). The van der Waals surface area contributed by atoms with E-state index in [1.165, 1.54) is 11.8 Å². The topological polar surface area (TPSA) is 44.6 Å². The fourth-order valence-electron chi connectivity index (χ4n) is 3.24. The van der Waals surface area contributed by atoms with Crippen LogP contribution in [0.4, 0.5) is 10.1 Å². The molecular formula is C19H26FN5. The lowest BCUT2D eigenvalue weighted by molar-refractivity contribution is 0.467. The van der Waals surface area contributed by atoms with Gasteiger partial charge in [-0.25, -0.2) is 4.39 Å². The van der Waals surface area contributed by atoms with Crippen LogP contribution >= 0.6 is 0 Å². The quantitative estimate of drug-likeness (QED) is 0.662. The molecule has 0 radical (unpaired) electrons.